The molecule has 0 spiro atoms. The summed E-state index contributed by atoms with van der Waals surface area (Å²) in [7, 11) is 4.78. The molecule has 0 aromatic rings. The maximum atomic E-state index is 7.22. The van der Waals surface area contributed by atoms with Gasteiger partial charge in [0, 0.05) is 0 Å². The molecule has 4 radical (unpaired) electrons. The van der Waals surface area contributed by atoms with Crippen molar-refractivity contribution in [2.75, 3.05) is 0 Å². The van der Waals surface area contributed by atoms with E-state index in [1.807, 2.05) is 0 Å². The van der Waals surface area contributed by atoms with E-state index in [1.165, 1.54) is 0 Å². The summed E-state index contributed by atoms with van der Waals surface area (Å²) >= 11 is 0. The zero-order valence-electron chi connectivity index (χ0n) is 2.60. The average molecular weight is 45.6 g/mol. The molecule has 0 saturated carbocycles. The Bertz CT molecular complexity index is 6.00. The summed E-state index contributed by atoms with van der Waals surface area (Å²) in [6.45, 7) is 0. The van der Waals surface area contributed by atoms with E-state index in [-0.39, 0.29) is 18.9 Å². The molecule has 0 amide bonds. The van der Waals surface area contributed by atoms with Gasteiger partial charge in [0.25, 0.3) is 0 Å². The largest absolute Gasteiger partial charge is 1.00 e. The first-order valence-electron chi connectivity index (χ1n) is 0.592. The fraction of sp³-hybridized carbons (Fsp3) is 0. The Morgan fingerprint density at radius 2 is 1.75 bits per heavy atom. The third-order valence-electron chi connectivity index (χ3n) is 0. The molecule has 1 nitrogen and oxygen atoms in total. The molecular formula is HB2LiO. The molecule has 0 aromatic carbocycles. The Kier molecular flexibility index (Phi) is 20.6. The van der Waals surface area contributed by atoms with Gasteiger partial charge in [0.05, 0.1) is 0 Å². The number of hydrogen-bond acceptors (Lipinski definition) is 1. The van der Waals surface area contributed by atoms with E-state index in [9.17, 15) is 0 Å². The van der Waals surface area contributed by atoms with Crippen LogP contribution in [0.1, 0.15) is 0 Å². The van der Waals surface area contributed by atoms with Crippen molar-refractivity contribution in [3.05, 3.63) is 0 Å². The third-order valence-corrected chi connectivity index (χ3v) is 0. The van der Waals surface area contributed by atoms with Gasteiger partial charge in [0.15, 0.2) is 0 Å². The summed E-state index contributed by atoms with van der Waals surface area (Å²) in [5.74, 6) is 0. The second-order valence-electron chi connectivity index (χ2n) is 0.149. The summed E-state index contributed by atoms with van der Waals surface area (Å²) in [5, 5.41) is 7.22. The molecule has 0 saturated heterocycles. The fourth-order valence-electron chi connectivity index (χ4n) is 0. The van der Waals surface area contributed by atoms with E-state index in [1.54, 1.807) is 0 Å². The minimum absolute atomic E-state index is 0. The van der Waals surface area contributed by atoms with E-state index in [0.29, 0.717) is 7.37 Å². The second-order valence-corrected chi connectivity index (χ2v) is 0.149. The van der Waals surface area contributed by atoms with Crippen molar-refractivity contribution in [2.24, 2.45) is 0 Å². The molecule has 0 atom stereocenters. The van der Waals surface area contributed by atoms with Crippen LogP contribution in [0.25, 0.3) is 0 Å². The monoisotopic (exact) mass is 46.0 g/mol. The summed E-state index contributed by atoms with van der Waals surface area (Å²) in [5.41, 5.74) is 0. The van der Waals surface area contributed by atoms with Crippen molar-refractivity contribution in [3.63, 3.8) is 0 Å². The molecule has 0 unspecified atom stereocenters. The molecule has 4 heteroatoms. The van der Waals surface area contributed by atoms with Crippen LogP contribution in [0.4, 0.5) is 0 Å². The molecule has 0 aliphatic rings. The maximum absolute atomic E-state index is 7.22. The molecule has 4 heavy (non-hydrogen) atoms. The van der Waals surface area contributed by atoms with Gasteiger partial charge in [-0.15, -0.1) is 0 Å². The van der Waals surface area contributed by atoms with Gasteiger partial charge in [0.1, 0.15) is 0 Å². The van der Waals surface area contributed by atoms with E-state index >= 15 is 0 Å². The first-order valence-corrected chi connectivity index (χ1v) is 0.592. The Morgan fingerprint density at radius 3 is 1.75 bits per heavy atom. The zero-order valence-corrected chi connectivity index (χ0v) is 2.60. The number of hydrogen-bond donors (Lipinski definition) is 1. The fourth-order valence-corrected chi connectivity index (χ4v) is 0. The minimum Gasteiger partial charge on any atom is -0.683 e. The van der Waals surface area contributed by atoms with Gasteiger partial charge in [0.2, 0.25) is 0 Å². The van der Waals surface area contributed by atoms with Crippen molar-refractivity contribution in [3.8, 4) is 0 Å². The van der Waals surface area contributed by atoms with Crippen LogP contribution in [0.5, 0.6) is 0 Å². The Hall–Kier alpha value is 0.687. The third kappa shape index (κ3) is 16.2. The molecule has 0 rings (SSSR count). The zero-order chi connectivity index (χ0) is 2.71. The van der Waals surface area contributed by atoms with Crippen LogP contribution >= 0.6 is 0 Å². The van der Waals surface area contributed by atoms with Gasteiger partial charge in [-0.25, -0.2) is 15.1 Å². The van der Waals surface area contributed by atoms with Crippen LogP contribution < -0.4 is 18.9 Å². The van der Waals surface area contributed by atoms with Gasteiger partial charge in [-0.3, -0.25) is 0 Å². The molecule has 1 N–H and O–H groups in total. The average Bonchev–Trinajstić information content (AvgIpc) is 0.918. The molecule has 14 valence electrons. The molecule has 0 fully saturated rings. The Labute approximate surface area is 39.6 Å². The Balaban J connectivity index is 0. The molecule has 0 aromatic heterocycles. The summed E-state index contributed by atoms with van der Waals surface area (Å²) in [6, 6.07) is 0. The van der Waals surface area contributed by atoms with E-state index in [0.717, 1.165) is 0 Å². The molecule has 0 aliphatic carbocycles. The van der Waals surface area contributed by atoms with Crippen molar-refractivity contribution in [1.82, 2.24) is 0 Å². The normalized spacial score (nSPS) is 4.25. The minimum atomic E-state index is 0. The first-order chi connectivity index (χ1) is 1.41. The number of rotatable bonds is 0. The van der Waals surface area contributed by atoms with Gasteiger partial charge in [-0.1, -0.05) is 0 Å². The smallest absolute Gasteiger partial charge is 0.683 e. The van der Waals surface area contributed by atoms with Crippen LogP contribution in [0.15, 0.2) is 0 Å². The van der Waals surface area contributed by atoms with E-state index in [4.69, 9.17) is 5.02 Å². The molecule has 0 heterocycles. The van der Waals surface area contributed by atoms with Crippen LogP contribution in [0, 0.1) is 0 Å². The standard InChI is InChI=1S/B2HO.Li/c1-2-3;/h3H;/q-1;+1. The Morgan fingerprint density at radius 1 is 1.75 bits per heavy atom. The van der Waals surface area contributed by atoms with Crippen molar-refractivity contribution >= 4 is 15.1 Å². The van der Waals surface area contributed by atoms with Gasteiger partial charge in [-0.05, 0) is 0 Å². The van der Waals surface area contributed by atoms with Crippen molar-refractivity contribution in [2.45, 2.75) is 0 Å². The van der Waals surface area contributed by atoms with Crippen LogP contribution in [-0.4, -0.2) is 20.1 Å². The SMILES string of the molecule is [B][B-]O.[Li+]. The second kappa shape index (κ2) is 9.35. The first kappa shape index (κ1) is 8.82. The molecular weight excluding hydrogens is 44.6 g/mol. The maximum Gasteiger partial charge on any atom is 1.00 e. The molecule has 0 bridgehead atoms. The van der Waals surface area contributed by atoms with E-state index < -0.39 is 0 Å². The van der Waals surface area contributed by atoms with E-state index in [2.05, 4.69) is 7.74 Å². The van der Waals surface area contributed by atoms with Gasteiger partial charge in [-0.2, -0.15) is 0 Å². The van der Waals surface area contributed by atoms with Gasteiger partial charge < -0.3 is 5.02 Å². The summed E-state index contributed by atoms with van der Waals surface area (Å²) < 4.78 is 0. The predicted molar refractivity (Wildman–Crippen MR) is 13.7 cm³/mol. The van der Waals surface area contributed by atoms with Crippen molar-refractivity contribution < 1.29 is 23.9 Å². The van der Waals surface area contributed by atoms with Crippen LogP contribution in [-0.2, 0) is 0 Å². The van der Waals surface area contributed by atoms with Crippen LogP contribution in [0.3, 0.4) is 0 Å². The van der Waals surface area contributed by atoms with Gasteiger partial charge >= 0.3 is 18.9 Å². The van der Waals surface area contributed by atoms with Crippen LogP contribution in [0.2, 0.25) is 0 Å². The summed E-state index contributed by atoms with van der Waals surface area (Å²) in [6.07, 6.45) is 0. The topological polar surface area (TPSA) is 20.2 Å². The summed E-state index contributed by atoms with van der Waals surface area (Å²) in [4.78, 5) is 0. The van der Waals surface area contributed by atoms with Crippen molar-refractivity contribution in [1.29, 1.82) is 0 Å². The molecule has 0 aliphatic heterocycles. The predicted octanol–water partition coefficient (Wildman–Crippen LogP) is -4.31. The quantitative estimate of drug-likeness (QED) is 0.273.